The molecule has 39 nitrogen and oxygen atoms in total. The third kappa shape index (κ3) is 12.6. The summed E-state index contributed by atoms with van der Waals surface area (Å²) in [4.78, 5) is 116. The normalized spacial score (nSPS) is 28.2. The topological polar surface area (TPSA) is 556 Å². The van der Waals surface area contributed by atoms with E-state index in [1.54, 1.807) is 30.3 Å². The third-order valence-corrected chi connectivity index (χ3v) is 20.0. The van der Waals surface area contributed by atoms with Crippen molar-refractivity contribution in [2.75, 3.05) is 58.2 Å². The van der Waals surface area contributed by atoms with Gasteiger partial charge in [-0.15, -0.1) is 0 Å². The van der Waals surface area contributed by atoms with Crippen molar-refractivity contribution in [1.29, 1.82) is 0 Å². The van der Waals surface area contributed by atoms with Gasteiger partial charge in [0.2, 0.25) is 23.6 Å². The van der Waals surface area contributed by atoms with Crippen LogP contribution in [0.5, 0.6) is 0 Å². The number of benzene rings is 1. The summed E-state index contributed by atoms with van der Waals surface area (Å²) in [7, 11) is -20.0. The van der Waals surface area contributed by atoms with E-state index < -0.39 is 147 Å². The van der Waals surface area contributed by atoms with E-state index in [2.05, 4.69) is 48.5 Å². The number of methoxy groups -OCH3 is 1. The largest absolute Gasteiger partial charge is 0.778 e. The van der Waals surface area contributed by atoms with Crippen molar-refractivity contribution in [2.45, 2.75) is 80.0 Å². The van der Waals surface area contributed by atoms with Crippen LogP contribution in [0, 0.1) is 5.92 Å². The van der Waals surface area contributed by atoms with Crippen LogP contribution >= 0.6 is 31.1 Å². The van der Waals surface area contributed by atoms with Crippen LogP contribution < -0.4 is 37.8 Å². The summed E-state index contributed by atoms with van der Waals surface area (Å²) in [6.45, 7) is -3.37. The number of nitrogens with zero attached hydrogens (tertiary/aromatic N) is 11. The minimum atomic E-state index is -6.29. The number of nitrogens with one attached hydrogen (secondary N) is 2. The highest BCUT2D eigenvalue weighted by atomic mass is 31.3. The molecule has 3 aliphatic rings. The maximum Gasteiger partial charge on any atom is 0.490 e. The number of hydrogen-bond acceptors (Lipinski definition) is 29. The zero-order valence-corrected chi connectivity index (χ0v) is 47.8. The van der Waals surface area contributed by atoms with Crippen molar-refractivity contribution >= 4 is 88.2 Å². The number of ether oxygens (including phenoxy) is 4. The number of aromatic amines is 2. The van der Waals surface area contributed by atoms with Gasteiger partial charge < -0.3 is 85.0 Å². The molecule has 43 heteroatoms. The average Bonchev–Trinajstić information content (AvgIpc) is 1.70. The molecule has 6 unspecified atom stereocenters. The number of nitrogens with two attached hydrogens (primary N) is 3. The minimum Gasteiger partial charge on any atom is -0.778 e. The maximum absolute atomic E-state index is 14.4. The molecule has 0 aliphatic carbocycles. The van der Waals surface area contributed by atoms with Crippen molar-refractivity contribution in [1.82, 2.24) is 58.5 Å². The first-order chi connectivity index (χ1) is 40.1. The van der Waals surface area contributed by atoms with Crippen LogP contribution in [-0.2, 0) is 70.7 Å². The van der Waals surface area contributed by atoms with Crippen LogP contribution in [0.15, 0.2) is 65.2 Å². The van der Waals surface area contributed by atoms with Crippen LogP contribution in [0.4, 0.5) is 17.7 Å². The van der Waals surface area contributed by atoms with Crippen LogP contribution in [0.1, 0.15) is 30.7 Å². The number of hydrogen-bond donors (Lipinski definition) is 11. The van der Waals surface area contributed by atoms with E-state index in [0.717, 1.165) is 40.8 Å². The number of carbonyl (C=O) groups excluding carboxylic acids is 1. The van der Waals surface area contributed by atoms with E-state index in [-0.39, 0.29) is 57.8 Å². The third-order valence-electron chi connectivity index (χ3n) is 13.9. The molecule has 7 aromatic rings. The summed E-state index contributed by atoms with van der Waals surface area (Å²) < 4.78 is 107. The summed E-state index contributed by atoms with van der Waals surface area (Å²) >= 11 is 0. The summed E-state index contributed by atoms with van der Waals surface area (Å²) in [6, 6.07) is 8.88. The fourth-order valence-electron chi connectivity index (χ4n) is 10.0. The first kappa shape index (κ1) is 61.7. The number of H-pyrrole nitrogens is 2. The predicted octanol–water partition coefficient (Wildman–Crippen LogP) is -3.03. The van der Waals surface area contributed by atoms with Gasteiger partial charge in [-0.05, 0) is 5.56 Å². The fourth-order valence-corrected chi connectivity index (χ4v) is 15.2. The highest BCUT2D eigenvalue weighted by molar-refractivity contribution is 7.66. The van der Waals surface area contributed by atoms with Gasteiger partial charge in [-0.2, -0.15) is 13.6 Å². The lowest BCUT2D eigenvalue weighted by Gasteiger charge is -2.35. The number of aliphatic hydroxyl groups excluding tert-OH is 3. The van der Waals surface area contributed by atoms with Gasteiger partial charge in [-0.3, -0.25) is 47.1 Å². The Morgan fingerprint density at radius 3 is 2.04 bits per heavy atom. The number of phosphoric ester groups is 2. The molecule has 0 bridgehead atoms. The van der Waals surface area contributed by atoms with Gasteiger partial charge in [-0.25, -0.2) is 38.2 Å². The Kier molecular flexibility index (Phi) is 17.2. The van der Waals surface area contributed by atoms with Crippen molar-refractivity contribution in [3.8, 4) is 0 Å². The Balaban J connectivity index is 0.839. The van der Waals surface area contributed by atoms with Gasteiger partial charge in [-0.1, -0.05) is 35.3 Å². The lowest BCUT2D eigenvalue weighted by Crippen LogP contribution is -2.45. The van der Waals surface area contributed by atoms with E-state index in [0.29, 0.717) is 0 Å². The van der Waals surface area contributed by atoms with Crippen LogP contribution in [0.2, 0.25) is 0 Å². The number of amides is 1. The number of aliphatic hydroxyl groups is 3. The van der Waals surface area contributed by atoms with Crippen LogP contribution in [0.25, 0.3) is 33.5 Å². The van der Waals surface area contributed by atoms with Gasteiger partial charge >= 0.3 is 29.1 Å². The molecule has 16 atom stereocenters. The molecule has 10 rings (SSSR count). The number of anilines is 3. The van der Waals surface area contributed by atoms with E-state index in [9.17, 15) is 67.5 Å². The van der Waals surface area contributed by atoms with E-state index >= 15 is 0 Å². The average molecular weight is 1270 g/mol. The zero-order valence-electron chi connectivity index (χ0n) is 44.2. The standard InChI is InChI=1S/C42H54N16O23P4/c1-54(2)23(59)9-19-20(77-38(27(19)60)58-17-55(10-18-7-5-4-6-8-18)26-35(58)51-42(45)53-37(26)64)11-75-83(67,68)80-85(71,72)81-84(69,70)76-13-22-31(30(73-3)40(79-22)56-15-48-24-32(43)46-14-47-33(24)56)82(65,66)74-12-21-28(61)29(62)39(78-21)57-16-49-25-34(57)50-41(44)52-36(25)63/h4-8,14-17,19-22,27-31,38-40,60-62H,9-13H2,1-3H3,(H11-,43,44,45,46,47,50,51,52,53,63,64,65,66,67,68,69,70,71,72)/t19-,20-,21-,22?,27-,28-,29-,30-,31-,38?,39-,40-/m1/s1. The van der Waals surface area contributed by atoms with Gasteiger partial charge in [0.05, 0.1) is 56.9 Å². The van der Waals surface area contributed by atoms with Crippen molar-refractivity contribution < 1.29 is 104 Å². The maximum atomic E-state index is 14.4. The number of imidazole rings is 3. The first-order valence-electron chi connectivity index (χ1n) is 24.9. The lowest BCUT2D eigenvalue weighted by atomic mass is 9.94. The summed E-state index contributed by atoms with van der Waals surface area (Å²) in [5.41, 5.74) is 14.3. The van der Waals surface area contributed by atoms with Gasteiger partial charge in [0.1, 0.15) is 50.0 Å². The van der Waals surface area contributed by atoms with Gasteiger partial charge in [0.25, 0.3) is 17.1 Å². The minimum absolute atomic E-state index is 0.00773. The first-order valence-corrected chi connectivity index (χ1v) is 31.0. The molecule has 0 radical (unpaired) electrons. The summed E-state index contributed by atoms with van der Waals surface area (Å²) in [5.74, 6) is -2.60. The number of fused-ring (bicyclic) bond motifs is 3. The fraction of sp³-hybridized carbons (Fsp3) is 0.476. The molecule has 3 fully saturated rings. The number of rotatable bonds is 22. The van der Waals surface area contributed by atoms with E-state index in [1.165, 1.54) is 34.5 Å². The molecule has 0 saturated carbocycles. The van der Waals surface area contributed by atoms with E-state index in [4.69, 9.17) is 49.7 Å². The molecule has 6 aromatic heterocycles. The molecule has 1 aromatic carbocycles. The van der Waals surface area contributed by atoms with Crippen molar-refractivity contribution in [2.24, 2.45) is 5.92 Å². The molecular formula is C42H54N16O23P4. The van der Waals surface area contributed by atoms with E-state index in [1.807, 2.05) is 0 Å². The Morgan fingerprint density at radius 1 is 0.753 bits per heavy atom. The summed E-state index contributed by atoms with van der Waals surface area (Å²) in [5, 5.41) is 33.8. The summed E-state index contributed by atoms with van der Waals surface area (Å²) in [6.07, 6.45) is -12.7. The molecule has 3 saturated heterocycles. The van der Waals surface area contributed by atoms with Gasteiger partial charge in [0.15, 0.2) is 41.4 Å². The molecule has 0 spiro atoms. The Labute approximate surface area is 475 Å². The highest BCUT2D eigenvalue weighted by Gasteiger charge is 2.55. The molecule has 85 heavy (non-hydrogen) atoms. The highest BCUT2D eigenvalue weighted by Crippen LogP contribution is 2.68. The van der Waals surface area contributed by atoms with Crippen LogP contribution in [-0.4, -0.2) is 184 Å². The monoisotopic (exact) mass is 1270 g/mol. The number of nitrogen functional groups attached to an aromatic ring is 3. The van der Waals surface area contributed by atoms with Crippen molar-refractivity contribution in [3.05, 3.63) is 81.9 Å². The quantitative estimate of drug-likeness (QED) is 0.0238. The molecule has 460 valence electrons. The zero-order chi connectivity index (χ0) is 61.2. The molecule has 9 heterocycles. The molecule has 3 aliphatic heterocycles. The van der Waals surface area contributed by atoms with Crippen LogP contribution in [0.3, 0.4) is 0 Å². The van der Waals surface area contributed by atoms with Crippen molar-refractivity contribution in [3.63, 3.8) is 0 Å². The SMILES string of the molecule is CO[C@H]1[C@H](n2cnc3c(N)ncnc32)OC(COP(=O)(O)OP(=O)(O)OP(=O)(O)OC[C@H]2OC([n+]3cn(Cc4ccccc4)c4c(=O)[nH]c(N)nc43)[C@H](O)[C@@H]2CC(=O)N(C)C)[C@H]1P(=O)([O-])OC[C@H]1O[C@@H](n2cnc3c(=O)[nH]c(N)nc32)[C@H](O)[C@@H]1O. The Bertz CT molecular complexity index is 3980. The molecule has 1 amide bonds. The predicted molar refractivity (Wildman–Crippen MR) is 281 cm³/mol. The molecular weight excluding hydrogens is 1220 g/mol. The second kappa shape index (κ2) is 23.7. The lowest BCUT2D eigenvalue weighted by molar-refractivity contribution is -0.745. The Morgan fingerprint density at radius 2 is 1.36 bits per heavy atom. The second-order valence-corrected chi connectivity index (χ2v) is 26.2. The smallest absolute Gasteiger partial charge is 0.490 e. The molecule has 14 N–H and O–H groups in total. The van der Waals surface area contributed by atoms with Gasteiger partial charge in [0, 0.05) is 33.5 Å². The number of aromatic nitrogens is 12. The number of phosphoric acid groups is 3. The second-order valence-electron chi connectivity index (χ2n) is 19.6. The Hall–Kier alpha value is -6.38. The number of carbonyl (C=O) groups is 1.